The lowest BCUT2D eigenvalue weighted by Crippen LogP contribution is -2.34. The Balaban J connectivity index is 2.98. The number of nitrogens with zero attached hydrogens (tertiary/aromatic N) is 1. The molecule has 0 amide bonds. The van der Waals surface area contributed by atoms with E-state index in [-0.39, 0.29) is 12.3 Å². The minimum Gasteiger partial charge on any atom is -0.490 e. The normalized spacial score (nSPS) is 13.1. The molecule has 0 bridgehead atoms. The van der Waals surface area contributed by atoms with Crippen LogP contribution in [0.15, 0.2) is 18.2 Å². The summed E-state index contributed by atoms with van der Waals surface area (Å²) in [4.78, 5) is 10.2. The summed E-state index contributed by atoms with van der Waals surface area (Å²) in [7, 11) is 0. The third-order valence-electron chi connectivity index (χ3n) is 3.47. The molecule has 0 radical (unpaired) electrons. The number of non-ortho nitro benzene ring substituents is 1. The van der Waals surface area contributed by atoms with Crippen LogP contribution in [0.25, 0.3) is 0 Å². The molecule has 0 fully saturated rings. The second-order valence-electron chi connectivity index (χ2n) is 4.88. The van der Waals surface area contributed by atoms with Crippen LogP contribution in [-0.4, -0.2) is 27.3 Å². The molecule has 1 aromatic carbocycles. The second-order valence-corrected chi connectivity index (χ2v) is 4.88. The van der Waals surface area contributed by atoms with Crippen LogP contribution in [0, 0.1) is 10.1 Å². The molecular formula is C14H21NO5. The molecule has 0 aliphatic carbocycles. The first kappa shape index (κ1) is 16.4. The number of nitro benzene ring substituents is 1. The highest BCUT2D eigenvalue weighted by Crippen LogP contribution is 2.30. The topological polar surface area (TPSA) is 92.8 Å². The number of rotatable bonds is 7. The van der Waals surface area contributed by atoms with Gasteiger partial charge in [0.2, 0.25) is 0 Å². The molecule has 112 valence electrons. The SMILES string of the molecule is CCC(O)(CC)COc1ccc([N+](=O)[O-])cc1C(C)O. The van der Waals surface area contributed by atoms with E-state index in [1.807, 2.05) is 13.8 Å². The first-order valence-corrected chi connectivity index (χ1v) is 6.64. The predicted octanol–water partition coefficient (Wildman–Crippen LogP) is 2.58. The van der Waals surface area contributed by atoms with Crippen LogP contribution < -0.4 is 4.74 Å². The van der Waals surface area contributed by atoms with Gasteiger partial charge in [-0.25, -0.2) is 0 Å². The number of aliphatic hydroxyl groups excluding tert-OH is 1. The summed E-state index contributed by atoms with van der Waals surface area (Å²) in [6.45, 7) is 5.31. The number of hydrogen-bond acceptors (Lipinski definition) is 5. The fourth-order valence-corrected chi connectivity index (χ4v) is 1.77. The molecule has 0 saturated carbocycles. The molecule has 0 saturated heterocycles. The fraction of sp³-hybridized carbons (Fsp3) is 0.571. The number of aliphatic hydroxyl groups is 2. The molecule has 1 unspecified atom stereocenters. The smallest absolute Gasteiger partial charge is 0.270 e. The maximum absolute atomic E-state index is 10.7. The molecule has 0 aliphatic rings. The molecule has 1 aromatic rings. The van der Waals surface area contributed by atoms with Crippen LogP contribution in [0.4, 0.5) is 5.69 Å². The second kappa shape index (κ2) is 6.67. The average molecular weight is 283 g/mol. The van der Waals surface area contributed by atoms with E-state index in [4.69, 9.17) is 4.74 Å². The maximum atomic E-state index is 10.7. The highest BCUT2D eigenvalue weighted by Gasteiger charge is 2.24. The lowest BCUT2D eigenvalue weighted by Gasteiger charge is -2.26. The quantitative estimate of drug-likeness (QED) is 0.592. The van der Waals surface area contributed by atoms with E-state index in [1.54, 1.807) is 0 Å². The van der Waals surface area contributed by atoms with Crippen molar-refractivity contribution in [1.29, 1.82) is 0 Å². The van der Waals surface area contributed by atoms with Crippen LogP contribution in [0.5, 0.6) is 5.75 Å². The largest absolute Gasteiger partial charge is 0.490 e. The van der Waals surface area contributed by atoms with Crippen LogP contribution in [-0.2, 0) is 0 Å². The summed E-state index contributed by atoms with van der Waals surface area (Å²) in [5.41, 5.74) is -0.694. The van der Waals surface area contributed by atoms with Crippen molar-refractivity contribution in [2.24, 2.45) is 0 Å². The van der Waals surface area contributed by atoms with Gasteiger partial charge in [-0.3, -0.25) is 10.1 Å². The number of nitro groups is 1. The highest BCUT2D eigenvalue weighted by molar-refractivity contribution is 5.44. The van der Waals surface area contributed by atoms with Crippen LogP contribution in [0.1, 0.15) is 45.3 Å². The molecule has 2 N–H and O–H groups in total. The van der Waals surface area contributed by atoms with Crippen molar-refractivity contribution >= 4 is 5.69 Å². The van der Waals surface area contributed by atoms with E-state index in [9.17, 15) is 20.3 Å². The third-order valence-corrected chi connectivity index (χ3v) is 3.47. The van der Waals surface area contributed by atoms with Gasteiger partial charge in [0.15, 0.2) is 0 Å². The van der Waals surface area contributed by atoms with Gasteiger partial charge in [-0.15, -0.1) is 0 Å². The number of benzene rings is 1. The monoisotopic (exact) mass is 283 g/mol. The lowest BCUT2D eigenvalue weighted by molar-refractivity contribution is -0.385. The zero-order valence-electron chi connectivity index (χ0n) is 12.0. The maximum Gasteiger partial charge on any atom is 0.270 e. The van der Waals surface area contributed by atoms with Gasteiger partial charge in [-0.05, 0) is 25.8 Å². The molecular weight excluding hydrogens is 262 g/mol. The first-order chi connectivity index (χ1) is 9.33. The molecule has 0 aromatic heterocycles. The van der Waals surface area contributed by atoms with E-state index in [1.165, 1.54) is 25.1 Å². The van der Waals surface area contributed by atoms with E-state index in [0.29, 0.717) is 24.2 Å². The van der Waals surface area contributed by atoms with E-state index >= 15 is 0 Å². The van der Waals surface area contributed by atoms with Gasteiger partial charge in [-0.2, -0.15) is 0 Å². The Morgan fingerprint density at radius 2 is 2.00 bits per heavy atom. The van der Waals surface area contributed by atoms with Gasteiger partial charge >= 0.3 is 0 Å². The Morgan fingerprint density at radius 1 is 1.40 bits per heavy atom. The Bertz CT molecular complexity index is 469. The van der Waals surface area contributed by atoms with Gasteiger partial charge in [0, 0.05) is 17.7 Å². The Labute approximate surface area is 118 Å². The number of hydrogen-bond donors (Lipinski definition) is 2. The molecule has 1 atom stereocenters. The zero-order chi connectivity index (χ0) is 15.3. The van der Waals surface area contributed by atoms with Crippen molar-refractivity contribution in [3.63, 3.8) is 0 Å². The number of ether oxygens (including phenoxy) is 1. The Kier molecular flexibility index (Phi) is 5.47. The van der Waals surface area contributed by atoms with Gasteiger partial charge < -0.3 is 14.9 Å². The van der Waals surface area contributed by atoms with Crippen molar-refractivity contribution in [2.75, 3.05) is 6.61 Å². The summed E-state index contributed by atoms with van der Waals surface area (Å²) in [5, 5.41) is 30.6. The van der Waals surface area contributed by atoms with E-state index in [0.717, 1.165) is 0 Å². The molecule has 6 nitrogen and oxygen atoms in total. The highest BCUT2D eigenvalue weighted by atomic mass is 16.6. The van der Waals surface area contributed by atoms with Crippen LogP contribution in [0.2, 0.25) is 0 Å². The van der Waals surface area contributed by atoms with Crippen LogP contribution in [0.3, 0.4) is 0 Å². The average Bonchev–Trinajstić information content (AvgIpc) is 2.44. The van der Waals surface area contributed by atoms with Gasteiger partial charge in [0.05, 0.1) is 16.6 Å². The van der Waals surface area contributed by atoms with Crippen LogP contribution >= 0.6 is 0 Å². The van der Waals surface area contributed by atoms with Crippen molar-refractivity contribution in [2.45, 2.75) is 45.3 Å². The molecule has 0 aliphatic heterocycles. The standard InChI is InChI=1S/C14H21NO5/c1-4-14(17,5-2)9-20-13-7-6-11(15(18)19)8-12(13)10(3)16/h6-8,10,16-17H,4-5,9H2,1-3H3. The van der Waals surface area contributed by atoms with Crippen molar-refractivity contribution in [3.05, 3.63) is 33.9 Å². The predicted molar refractivity (Wildman–Crippen MR) is 74.8 cm³/mol. The summed E-state index contributed by atoms with van der Waals surface area (Å²) in [6.07, 6.45) is 0.197. The molecule has 6 heteroatoms. The summed E-state index contributed by atoms with van der Waals surface area (Å²) < 4.78 is 5.55. The summed E-state index contributed by atoms with van der Waals surface area (Å²) in [6, 6.07) is 4.06. The van der Waals surface area contributed by atoms with Gasteiger partial charge in [-0.1, -0.05) is 13.8 Å². The summed E-state index contributed by atoms with van der Waals surface area (Å²) >= 11 is 0. The molecule has 20 heavy (non-hydrogen) atoms. The van der Waals surface area contributed by atoms with E-state index < -0.39 is 16.6 Å². The molecule has 0 spiro atoms. The fourth-order valence-electron chi connectivity index (χ4n) is 1.77. The molecule has 0 heterocycles. The lowest BCUT2D eigenvalue weighted by atomic mass is 9.99. The molecule has 1 rings (SSSR count). The Morgan fingerprint density at radius 3 is 2.45 bits per heavy atom. The Hall–Kier alpha value is -1.66. The van der Waals surface area contributed by atoms with E-state index in [2.05, 4.69) is 0 Å². The zero-order valence-corrected chi connectivity index (χ0v) is 12.0. The van der Waals surface area contributed by atoms with Crippen molar-refractivity contribution in [3.8, 4) is 5.75 Å². The van der Waals surface area contributed by atoms with Crippen molar-refractivity contribution < 1.29 is 19.9 Å². The van der Waals surface area contributed by atoms with Gasteiger partial charge in [0.1, 0.15) is 12.4 Å². The minimum atomic E-state index is -0.933. The summed E-state index contributed by atoms with van der Waals surface area (Å²) in [5.74, 6) is 0.353. The van der Waals surface area contributed by atoms with Gasteiger partial charge in [0.25, 0.3) is 5.69 Å². The van der Waals surface area contributed by atoms with Crippen molar-refractivity contribution in [1.82, 2.24) is 0 Å². The third kappa shape index (κ3) is 3.91. The first-order valence-electron chi connectivity index (χ1n) is 6.64. The minimum absolute atomic E-state index is 0.0809.